The minimum atomic E-state index is -0.320. The number of hydrogen-bond acceptors (Lipinski definition) is 3. The number of aromatic amines is 2. The number of carbonyl (C=O) groups excluding carboxylic acids is 1. The maximum absolute atomic E-state index is 12.9. The SMILES string of the molecule is CCC1c2cccn2CCN1C(=O)c1ccc2[nH]c(=O)[nH]c2n1. The number of hydrogen-bond donors (Lipinski definition) is 2. The Morgan fingerprint density at radius 3 is 3.00 bits per heavy atom. The predicted molar refractivity (Wildman–Crippen MR) is 85.2 cm³/mol. The highest BCUT2D eigenvalue weighted by Gasteiger charge is 2.30. The average Bonchev–Trinajstić information content (AvgIpc) is 3.17. The van der Waals surface area contributed by atoms with E-state index in [-0.39, 0.29) is 17.6 Å². The second-order valence-corrected chi connectivity index (χ2v) is 5.72. The molecule has 2 N–H and O–H groups in total. The van der Waals surface area contributed by atoms with Crippen molar-refractivity contribution in [1.82, 2.24) is 24.4 Å². The van der Waals surface area contributed by atoms with E-state index in [1.165, 1.54) is 0 Å². The van der Waals surface area contributed by atoms with Crippen LogP contribution >= 0.6 is 0 Å². The predicted octanol–water partition coefficient (Wildman–Crippen LogP) is 1.66. The number of nitrogens with zero attached hydrogens (tertiary/aromatic N) is 3. The molecule has 0 fully saturated rings. The summed E-state index contributed by atoms with van der Waals surface area (Å²) >= 11 is 0. The highest BCUT2D eigenvalue weighted by Crippen LogP contribution is 2.29. The quantitative estimate of drug-likeness (QED) is 0.754. The van der Waals surface area contributed by atoms with Gasteiger partial charge >= 0.3 is 5.69 Å². The Hall–Kier alpha value is -2.83. The lowest BCUT2D eigenvalue weighted by atomic mass is 10.1. The zero-order valence-electron chi connectivity index (χ0n) is 12.7. The monoisotopic (exact) mass is 311 g/mol. The van der Waals surface area contributed by atoms with Crippen LogP contribution in [0.4, 0.5) is 0 Å². The van der Waals surface area contributed by atoms with Crippen molar-refractivity contribution < 1.29 is 4.79 Å². The van der Waals surface area contributed by atoms with Crippen molar-refractivity contribution in [3.05, 3.63) is 52.3 Å². The van der Waals surface area contributed by atoms with Gasteiger partial charge in [-0.25, -0.2) is 9.78 Å². The molecular formula is C16H17N5O2. The number of nitrogens with one attached hydrogen (secondary N) is 2. The molecule has 1 unspecified atom stereocenters. The van der Waals surface area contributed by atoms with Crippen molar-refractivity contribution in [3.63, 3.8) is 0 Å². The second-order valence-electron chi connectivity index (χ2n) is 5.72. The summed E-state index contributed by atoms with van der Waals surface area (Å²) in [5.74, 6) is -0.103. The number of amides is 1. The van der Waals surface area contributed by atoms with Crippen LogP contribution in [0, 0.1) is 0 Å². The highest BCUT2D eigenvalue weighted by atomic mass is 16.2. The van der Waals surface area contributed by atoms with Crippen LogP contribution in [0.15, 0.2) is 35.3 Å². The zero-order chi connectivity index (χ0) is 16.0. The van der Waals surface area contributed by atoms with Crippen LogP contribution in [0.5, 0.6) is 0 Å². The third-order valence-corrected chi connectivity index (χ3v) is 4.41. The summed E-state index contributed by atoms with van der Waals surface area (Å²) in [6.45, 7) is 3.52. The maximum atomic E-state index is 12.9. The molecule has 7 nitrogen and oxygen atoms in total. The zero-order valence-corrected chi connectivity index (χ0v) is 12.7. The van der Waals surface area contributed by atoms with Crippen LogP contribution in [-0.2, 0) is 6.54 Å². The van der Waals surface area contributed by atoms with Gasteiger partial charge in [0.05, 0.1) is 11.6 Å². The third-order valence-electron chi connectivity index (χ3n) is 4.41. The van der Waals surface area contributed by atoms with E-state index in [0.717, 1.165) is 18.7 Å². The van der Waals surface area contributed by atoms with Gasteiger partial charge in [-0.2, -0.15) is 0 Å². The lowest BCUT2D eigenvalue weighted by Crippen LogP contribution is -2.42. The Balaban J connectivity index is 1.71. The highest BCUT2D eigenvalue weighted by molar-refractivity contribution is 5.94. The first kappa shape index (κ1) is 13.8. The van der Waals surface area contributed by atoms with E-state index in [9.17, 15) is 9.59 Å². The van der Waals surface area contributed by atoms with E-state index in [4.69, 9.17) is 0 Å². The molecule has 1 aliphatic rings. The summed E-state index contributed by atoms with van der Waals surface area (Å²) in [5.41, 5.74) is 2.20. The summed E-state index contributed by atoms with van der Waals surface area (Å²) in [5, 5.41) is 0. The molecule has 3 aromatic rings. The molecule has 23 heavy (non-hydrogen) atoms. The van der Waals surface area contributed by atoms with Crippen LogP contribution in [0.3, 0.4) is 0 Å². The summed E-state index contributed by atoms with van der Waals surface area (Å²) < 4.78 is 2.19. The number of carbonyl (C=O) groups is 1. The van der Waals surface area contributed by atoms with Gasteiger partial charge in [-0.05, 0) is 30.7 Å². The van der Waals surface area contributed by atoms with Gasteiger partial charge in [-0.15, -0.1) is 0 Å². The topological polar surface area (TPSA) is 86.8 Å². The van der Waals surface area contributed by atoms with Gasteiger partial charge in [0.2, 0.25) is 0 Å². The van der Waals surface area contributed by atoms with Gasteiger partial charge in [0, 0.05) is 25.0 Å². The Labute approximate surface area is 132 Å². The standard InChI is InChI=1S/C16H17N5O2/c1-2-12-13-4-3-7-20(13)8-9-21(12)15(22)11-6-5-10-14(17-11)19-16(23)18-10/h3-7,12H,2,8-9H2,1H3,(H2,17,18,19,23). The van der Waals surface area contributed by atoms with Crippen LogP contribution in [-0.4, -0.2) is 36.9 Å². The fourth-order valence-electron chi connectivity index (χ4n) is 3.32. The number of fused-ring (bicyclic) bond motifs is 2. The molecule has 1 atom stereocenters. The molecule has 0 spiro atoms. The molecule has 0 saturated carbocycles. The van der Waals surface area contributed by atoms with Gasteiger partial charge in [0.1, 0.15) is 5.69 Å². The Morgan fingerprint density at radius 2 is 2.17 bits per heavy atom. The average molecular weight is 311 g/mol. The van der Waals surface area contributed by atoms with E-state index in [1.807, 2.05) is 11.0 Å². The smallest absolute Gasteiger partial charge is 0.325 e. The first-order valence-corrected chi connectivity index (χ1v) is 7.72. The Kier molecular flexibility index (Phi) is 3.07. The van der Waals surface area contributed by atoms with Crippen LogP contribution in [0.2, 0.25) is 0 Å². The number of rotatable bonds is 2. The summed E-state index contributed by atoms with van der Waals surface area (Å²) in [7, 11) is 0. The molecule has 1 aliphatic heterocycles. The molecule has 1 amide bonds. The fraction of sp³-hybridized carbons (Fsp3) is 0.312. The van der Waals surface area contributed by atoms with Crippen molar-refractivity contribution in [2.75, 3.05) is 6.54 Å². The molecule has 0 aliphatic carbocycles. The molecule has 0 radical (unpaired) electrons. The van der Waals surface area contributed by atoms with E-state index < -0.39 is 0 Å². The van der Waals surface area contributed by atoms with Crippen LogP contribution in [0.25, 0.3) is 11.2 Å². The Morgan fingerprint density at radius 1 is 1.30 bits per heavy atom. The van der Waals surface area contributed by atoms with Crippen LogP contribution in [0.1, 0.15) is 35.6 Å². The lowest BCUT2D eigenvalue weighted by Gasteiger charge is -2.36. The van der Waals surface area contributed by atoms with Crippen molar-refractivity contribution in [2.45, 2.75) is 25.9 Å². The van der Waals surface area contributed by atoms with E-state index in [2.05, 4.69) is 38.7 Å². The normalized spacial score (nSPS) is 17.4. The molecule has 3 aromatic heterocycles. The molecular weight excluding hydrogens is 294 g/mol. The summed E-state index contributed by atoms with van der Waals surface area (Å²) in [4.78, 5) is 35.6. The van der Waals surface area contributed by atoms with Gasteiger partial charge in [-0.3, -0.25) is 9.78 Å². The number of H-pyrrole nitrogens is 2. The molecule has 0 bridgehead atoms. The fourth-order valence-corrected chi connectivity index (χ4v) is 3.32. The first-order valence-electron chi connectivity index (χ1n) is 7.72. The minimum absolute atomic E-state index is 0.0500. The van der Waals surface area contributed by atoms with Crippen molar-refractivity contribution in [1.29, 1.82) is 0 Å². The lowest BCUT2D eigenvalue weighted by molar-refractivity contribution is 0.0612. The van der Waals surface area contributed by atoms with E-state index in [1.54, 1.807) is 12.1 Å². The third kappa shape index (κ3) is 2.16. The van der Waals surface area contributed by atoms with E-state index in [0.29, 0.717) is 23.4 Å². The van der Waals surface area contributed by atoms with Crippen LogP contribution < -0.4 is 5.69 Å². The van der Waals surface area contributed by atoms with E-state index >= 15 is 0 Å². The minimum Gasteiger partial charge on any atom is -0.348 e. The molecule has 0 saturated heterocycles. The molecule has 7 heteroatoms. The summed E-state index contributed by atoms with van der Waals surface area (Å²) in [6.07, 6.45) is 2.90. The van der Waals surface area contributed by atoms with Crippen molar-refractivity contribution >= 4 is 17.1 Å². The molecule has 4 heterocycles. The van der Waals surface area contributed by atoms with Gasteiger partial charge in [0.15, 0.2) is 5.65 Å². The van der Waals surface area contributed by atoms with Crippen molar-refractivity contribution in [2.24, 2.45) is 0 Å². The molecule has 4 rings (SSSR count). The molecule has 0 aromatic carbocycles. The summed E-state index contributed by atoms with van der Waals surface area (Å²) in [6, 6.07) is 7.50. The second kappa shape index (κ2) is 5.12. The largest absolute Gasteiger partial charge is 0.348 e. The first-order chi connectivity index (χ1) is 11.2. The van der Waals surface area contributed by atoms with Gasteiger partial charge in [-0.1, -0.05) is 6.92 Å². The number of imidazole rings is 1. The van der Waals surface area contributed by atoms with Crippen molar-refractivity contribution in [3.8, 4) is 0 Å². The Bertz CT molecular complexity index is 935. The van der Waals surface area contributed by atoms with Gasteiger partial charge < -0.3 is 14.5 Å². The molecule has 118 valence electrons. The van der Waals surface area contributed by atoms with Gasteiger partial charge in [0.25, 0.3) is 5.91 Å². The maximum Gasteiger partial charge on any atom is 0.325 e. The number of pyridine rings is 1. The number of aromatic nitrogens is 4.